The Bertz CT molecular complexity index is 2270. The van der Waals surface area contributed by atoms with Gasteiger partial charge in [0.1, 0.15) is 0 Å². The Morgan fingerprint density at radius 3 is 1.12 bits per heavy atom. The first-order chi connectivity index (χ1) is 25.6. The number of para-hydroxylation sites is 2. The zero-order valence-electron chi connectivity index (χ0n) is 27.7. The fraction of sp³-hybridized carbons (Fsp3) is 0.0909. The predicted molar refractivity (Wildman–Crippen MR) is 210 cm³/mol. The molecule has 4 aliphatic heterocycles. The Balaban J connectivity index is 1.27. The van der Waals surface area contributed by atoms with E-state index in [1.807, 2.05) is 156 Å². The number of hydrazone groups is 2. The van der Waals surface area contributed by atoms with Gasteiger partial charge < -0.3 is 0 Å². The number of fused-ring (bicyclic) bond motifs is 2. The average molecular weight is 711 g/mol. The number of thioether (sulfide) groups is 2. The molecule has 0 amide bonds. The molecule has 0 aromatic heterocycles. The summed E-state index contributed by atoms with van der Waals surface area (Å²) in [6, 6.07) is 55.9. The van der Waals surface area contributed by atoms with E-state index >= 15 is 9.59 Å². The van der Waals surface area contributed by atoms with Crippen LogP contribution in [0.5, 0.6) is 0 Å². The van der Waals surface area contributed by atoms with Gasteiger partial charge in [-0.1, -0.05) is 157 Å². The Morgan fingerprint density at radius 1 is 0.423 bits per heavy atom. The number of hydrogen-bond acceptors (Lipinski definition) is 8. The van der Waals surface area contributed by atoms with Gasteiger partial charge in [0.05, 0.1) is 34.6 Å². The Hall–Kier alpha value is -5.70. The van der Waals surface area contributed by atoms with E-state index in [2.05, 4.69) is 24.3 Å². The van der Waals surface area contributed by atoms with E-state index < -0.39 is 21.6 Å². The topological polar surface area (TPSA) is 65.3 Å². The lowest BCUT2D eigenvalue weighted by Crippen LogP contribution is -2.51. The minimum atomic E-state index is -1.19. The number of carbonyl (C=O) groups excluding carboxylic acids is 2. The van der Waals surface area contributed by atoms with Crippen molar-refractivity contribution in [1.29, 1.82) is 0 Å². The highest BCUT2D eigenvalue weighted by Gasteiger charge is 2.68. The van der Waals surface area contributed by atoms with Crippen molar-refractivity contribution in [3.63, 3.8) is 0 Å². The number of nitrogens with zero attached hydrogens (tertiary/aromatic N) is 4. The van der Waals surface area contributed by atoms with Crippen molar-refractivity contribution >= 4 is 57.9 Å². The summed E-state index contributed by atoms with van der Waals surface area (Å²) in [5, 5.41) is 14.9. The minimum absolute atomic E-state index is 0.00670. The van der Waals surface area contributed by atoms with Crippen LogP contribution in [0.3, 0.4) is 0 Å². The van der Waals surface area contributed by atoms with Gasteiger partial charge in [-0.2, -0.15) is 10.2 Å². The lowest BCUT2D eigenvalue weighted by atomic mass is 9.76. The number of hydrogen-bond donors (Lipinski definition) is 0. The second kappa shape index (κ2) is 11.9. The molecule has 6 aromatic rings. The lowest BCUT2D eigenvalue weighted by molar-refractivity contribution is 0.0935. The van der Waals surface area contributed by atoms with E-state index in [-0.39, 0.29) is 11.6 Å². The van der Waals surface area contributed by atoms with Crippen LogP contribution in [0.15, 0.2) is 190 Å². The van der Waals surface area contributed by atoms with E-state index in [1.54, 1.807) is 23.5 Å². The van der Waals surface area contributed by atoms with Crippen LogP contribution in [0.25, 0.3) is 0 Å². The fourth-order valence-corrected chi connectivity index (χ4v) is 11.3. The maximum atomic E-state index is 15.2. The number of Topliss-reactive ketones (excluding diaryl/α,β-unsaturated/α-hetero) is 2. The Kier molecular flexibility index (Phi) is 7.13. The van der Waals surface area contributed by atoms with E-state index in [4.69, 9.17) is 10.2 Å². The smallest absolute Gasteiger partial charge is 0.203 e. The van der Waals surface area contributed by atoms with Crippen LogP contribution in [0.1, 0.15) is 43.7 Å². The highest BCUT2D eigenvalue weighted by Crippen LogP contribution is 2.62. The third-order valence-electron chi connectivity index (χ3n) is 10.3. The molecule has 8 heteroatoms. The summed E-state index contributed by atoms with van der Waals surface area (Å²) in [5.74, 6) is -1.10. The van der Waals surface area contributed by atoms with Gasteiger partial charge >= 0.3 is 0 Å². The monoisotopic (exact) mass is 710 g/mol. The maximum Gasteiger partial charge on any atom is 0.203 e. The average Bonchev–Trinajstić information content (AvgIpc) is 3.91. The molecular formula is C44H30N4O2S2. The zero-order valence-corrected chi connectivity index (χ0v) is 29.4. The highest BCUT2D eigenvalue weighted by molar-refractivity contribution is 8.02. The molecule has 0 bridgehead atoms. The molecule has 52 heavy (non-hydrogen) atoms. The second-order valence-corrected chi connectivity index (χ2v) is 15.7. The van der Waals surface area contributed by atoms with Crippen molar-refractivity contribution < 1.29 is 9.59 Å². The fourth-order valence-electron chi connectivity index (χ4n) is 8.15. The van der Waals surface area contributed by atoms with Gasteiger partial charge in [-0.15, -0.1) is 0 Å². The number of anilines is 2. The molecule has 0 saturated heterocycles. The molecule has 0 fully saturated rings. The first kappa shape index (κ1) is 31.1. The predicted octanol–water partition coefficient (Wildman–Crippen LogP) is 9.68. The SMILES string of the molecule is O=C1c2ccccc2SC12C(c1ccccc1)C(C1=NN(c3ccccc3)C3(Sc4ccccc4C3=O)C1c1ccccc1)=NN2c1ccccc1. The third kappa shape index (κ3) is 4.34. The van der Waals surface area contributed by atoms with Crippen molar-refractivity contribution in [1.82, 2.24) is 0 Å². The summed E-state index contributed by atoms with van der Waals surface area (Å²) in [7, 11) is 0. The highest BCUT2D eigenvalue weighted by atomic mass is 32.2. The Labute approximate surface area is 309 Å². The molecule has 0 N–H and O–H groups in total. The van der Waals surface area contributed by atoms with Crippen LogP contribution in [0.2, 0.25) is 0 Å². The molecule has 4 aliphatic rings. The summed E-state index contributed by atoms with van der Waals surface area (Å²) in [5.41, 5.74) is 6.19. The summed E-state index contributed by atoms with van der Waals surface area (Å²) in [6.07, 6.45) is 0. The van der Waals surface area contributed by atoms with Gasteiger partial charge in [-0.25, -0.2) is 10.0 Å². The molecule has 10 rings (SSSR count). The summed E-state index contributed by atoms with van der Waals surface area (Å²) >= 11 is 3.10. The quantitative estimate of drug-likeness (QED) is 0.178. The van der Waals surface area contributed by atoms with Crippen LogP contribution in [0.4, 0.5) is 11.4 Å². The molecule has 0 radical (unpaired) electrons. The normalized spacial score (nSPS) is 24.4. The van der Waals surface area contributed by atoms with Crippen LogP contribution < -0.4 is 10.0 Å². The number of ketones is 2. The first-order valence-electron chi connectivity index (χ1n) is 17.2. The molecule has 0 saturated carbocycles. The van der Waals surface area contributed by atoms with E-state index in [0.717, 1.165) is 32.3 Å². The zero-order chi connectivity index (χ0) is 34.9. The van der Waals surface area contributed by atoms with Gasteiger partial charge in [-0.05, 0) is 47.5 Å². The van der Waals surface area contributed by atoms with Crippen molar-refractivity contribution in [2.75, 3.05) is 10.0 Å². The maximum absolute atomic E-state index is 15.2. The number of rotatable bonds is 5. The van der Waals surface area contributed by atoms with Gasteiger partial charge in [0.25, 0.3) is 0 Å². The largest absolute Gasteiger partial charge is 0.290 e. The van der Waals surface area contributed by atoms with E-state index in [9.17, 15) is 0 Å². The van der Waals surface area contributed by atoms with Crippen molar-refractivity contribution in [3.05, 3.63) is 192 Å². The molecule has 250 valence electrons. The molecule has 4 unspecified atom stereocenters. The van der Waals surface area contributed by atoms with Crippen molar-refractivity contribution in [2.45, 2.75) is 31.4 Å². The molecule has 4 heterocycles. The number of carbonyl (C=O) groups is 2. The van der Waals surface area contributed by atoms with Crippen molar-refractivity contribution in [3.8, 4) is 0 Å². The molecule has 4 atom stereocenters. The molecule has 6 nitrogen and oxygen atoms in total. The van der Waals surface area contributed by atoms with Gasteiger partial charge in [0.2, 0.25) is 11.6 Å². The minimum Gasteiger partial charge on any atom is -0.290 e. The summed E-state index contributed by atoms with van der Waals surface area (Å²) in [4.78, 5) is 29.8. The first-order valence-corrected chi connectivity index (χ1v) is 18.9. The summed E-state index contributed by atoms with van der Waals surface area (Å²) in [6.45, 7) is 0. The van der Waals surface area contributed by atoms with E-state index in [1.165, 1.54) is 0 Å². The third-order valence-corrected chi connectivity index (χ3v) is 13.3. The number of benzene rings is 6. The molecule has 0 aliphatic carbocycles. The van der Waals surface area contributed by atoms with Gasteiger partial charge in [-0.3, -0.25) is 9.59 Å². The molecule has 2 spiro atoms. The second-order valence-electron chi connectivity index (χ2n) is 13.2. The molecular weight excluding hydrogens is 681 g/mol. The standard InChI is InChI=1S/C44H30N4O2S2/c49-41-33-25-13-15-27-35(33)51-43(41)37(29-17-5-1-6-18-29)39(45-47(43)31-21-9-3-10-22-31)40-38(30-19-7-2-8-20-30)44(48(46-40)32-23-11-4-12-24-32)42(50)34-26-14-16-28-36(34)52-44/h1-28,37-38H. The lowest BCUT2D eigenvalue weighted by Gasteiger charge is -2.37. The van der Waals surface area contributed by atoms with Gasteiger partial charge in [0.15, 0.2) is 9.74 Å². The van der Waals surface area contributed by atoms with Gasteiger partial charge in [0, 0.05) is 20.9 Å². The molecule has 6 aromatic carbocycles. The van der Waals surface area contributed by atoms with E-state index in [0.29, 0.717) is 22.6 Å². The summed E-state index contributed by atoms with van der Waals surface area (Å²) < 4.78 is 0. The van der Waals surface area contributed by atoms with Crippen LogP contribution >= 0.6 is 23.5 Å². The van der Waals surface area contributed by atoms with Crippen LogP contribution in [-0.4, -0.2) is 32.7 Å². The Morgan fingerprint density at radius 2 is 0.750 bits per heavy atom. The van der Waals surface area contributed by atoms with Crippen LogP contribution in [-0.2, 0) is 0 Å². The van der Waals surface area contributed by atoms with Crippen molar-refractivity contribution in [2.24, 2.45) is 10.2 Å². The van der Waals surface area contributed by atoms with Crippen LogP contribution in [0, 0.1) is 0 Å².